The molecule has 1 aromatic carbocycles. The van der Waals surface area contributed by atoms with E-state index in [1.807, 2.05) is 18.4 Å². The molecule has 2 rings (SSSR count). The number of nitrogens with zero attached hydrogens (tertiary/aromatic N) is 2. The monoisotopic (exact) mass is 297 g/mol. The summed E-state index contributed by atoms with van der Waals surface area (Å²) in [7, 11) is 0. The average Bonchev–Trinajstić information content (AvgIpc) is 2.85. The highest BCUT2D eigenvalue weighted by molar-refractivity contribution is 7.99. The van der Waals surface area contributed by atoms with Crippen LogP contribution in [0.15, 0.2) is 28.8 Å². The summed E-state index contributed by atoms with van der Waals surface area (Å²) in [5.41, 5.74) is 0.776. The van der Waals surface area contributed by atoms with E-state index in [1.165, 1.54) is 11.8 Å². The van der Waals surface area contributed by atoms with Crippen molar-refractivity contribution in [2.24, 2.45) is 0 Å². The van der Waals surface area contributed by atoms with E-state index in [-0.39, 0.29) is 12.5 Å². The van der Waals surface area contributed by atoms with Gasteiger partial charge in [-0.05, 0) is 18.4 Å². The Labute approximate surface area is 119 Å². The van der Waals surface area contributed by atoms with Crippen molar-refractivity contribution in [3.8, 4) is 11.4 Å². The fourth-order valence-electron chi connectivity index (χ4n) is 1.43. The Morgan fingerprint density at radius 2 is 2.37 bits per heavy atom. The number of carbonyl (C=O) groups is 1. The SMILES string of the molecule is CSCC(=O)NCc1nc(-c2cccc(Cl)c2)no1. The molecule has 0 aliphatic rings. The van der Waals surface area contributed by atoms with Gasteiger partial charge in [-0.25, -0.2) is 0 Å². The lowest BCUT2D eigenvalue weighted by molar-refractivity contribution is -0.118. The number of nitrogens with one attached hydrogen (secondary N) is 1. The first kappa shape index (κ1) is 13.9. The third-order valence-electron chi connectivity index (χ3n) is 2.26. The molecule has 5 nitrogen and oxygen atoms in total. The Bertz CT molecular complexity index is 574. The van der Waals surface area contributed by atoms with E-state index in [4.69, 9.17) is 16.1 Å². The summed E-state index contributed by atoms with van der Waals surface area (Å²) in [4.78, 5) is 15.5. The van der Waals surface area contributed by atoms with Crippen LogP contribution in [0.5, 0.6) is 0 Å². The maximum Gasteiger partial charge on any atom is 0.246 e. The molecule has 0 atom stereocenters. The Morgan fingerprint density at radius 1 is 1.53 bits per heavy atom. The van der Waals surface area contributed by atoms with Crippen molar-refractivity contribution in [3.63, 3.8) is 0 Å². The lowest BCUT2D eigenvalue weighted by Gasteiger charge is -1.98. The van der Waals surface area contributed by atoms with Gasteiger partial charge in [-0.1, -0.05) is 28.9 Å². The Kier molecular flexibility index (Phi) is 4.81. The molecule has 0 spiro atoms. The van der Waals surface area contributed by atoms with Crippen molar-refractivity contribution >= 4 is 29.3 Å². The lowest BCUT2D eigenvalue weighted by Crippen LogP contribution is -2.24. The molecule has 1 N–H and O–H groups in total. The summed E-state index contributed by atoms with van der Waals surface area (Å²) in [5.74, 6) is 1.17. The molecule has 7 heteroatoms. The molecule has 1 aromatic heterocycles. The van der Waals surface area contributed by atoms with Crippen LogP contribution in [-0.4, -0.2) is 28.1 Å². The quantitative estimate of drug-likeness (QED) is 0.917. The van der Waals surface area contributed by atoms with Crippen molar-refractivity contribution in [3.05, 3.63) is 35.2 Å². The van der Waals surface area contributed by atoms with E-state index in [0.717, 1.165) is 5.56 Å². The van der Waals surface area contributed by atoms with E-state index in [2.05, 4.69) is 15.5 Å². The number of halogens is 1. The van der Waals surface area contributed by atoms with Gasteiger partial charge in [-0.2, -0.15) is 16.7 Å². The van der Waals surface area contributed by atoms with Gasteiger partial charge in [0.25, 0.3) is 0 Å². The number of amides is 1. The minimum absolute atomic E-state index is 0.0602. The standard InChI is InChI=1S/C12H12ClN3O2S/c1-19-7-10(17)14-6-11-15-12(16-18-11)8-3-2-4-9(13)5-8/h2-5H,6-7H2,1H3,(H,14,17). The molecular weight excluding hydrogens is 286 g/mol. The molecule has 2 aromatic rings. The number of benzene rings is 1. The van der Waals surface area contributed by atoms with Crippen molar-refractivity contribution in [2.75, 3.05) is 12.0 Å². The molecule has 0 fully saturated rings. The van der Waals surface area contributed by atoms with Crippen LogP contribution in [0.4, 0.5) is 0 Å². The summed E-state index contributed by atoms with van der Waals surface area (Å²) < 4.78 is 5.06. The summed E-state index contributed by atoms with van der Waals surface area (Å²) in [6.07, 6.45) is 1.86. The third kappa shape index (κ3) is 3.97. The molecule has 0 aliphatic heterocycles. The summed E-state index contributed by atoms with van der Waals surface area (Å²) in [5, 5.41) is 7.15. The molecule has 0 aliphatic carbocycles. The number of carbonyl (C=O) groups excluding carboxylic acids is 1. The summed E-state index contributed by atoms with van der Waals surface area (Å²) >= 11 is 7.35. The topological polar surface area (TPSA) is 68.0 Å². The van der Waals surface area contributed by atoms with Crippen LogP contribution < -0.4 is 5.32 Å². The molecule has 0 saturated heterocycles. The molecule has 0 bridgehead atoms. The van der Waals surface area contributed by atoms with Crippen molar-refractivity contribution in [1.82, 2.24) is 15.5 Å². The second kappa shape index (κ2) is 6.58. The molecular formula is C12H12ClN3O2S. The number of hydrogen-bond acceptors (Lipinski definition) is 5. The highest BCUT2D eigenvalue weighted by Gasteiger charge is 2.09. The highest BCUT2D eigenvalue weighted by atomic mass is 35.5. The normalized spacial score (nSPS) is 10.4. The van der Waals surface area contributed by atoms with E-state index in [9.17, 15) is 4.79 Å². The molecule has 0 radical (unpaired) electrons. The van der Waals surface area contributed by atoms with Crippen LogP contribution in [0.2, 0.25) is 5.02 Å². The minimum Gasteiger partial charge on any atom is -0.346 e. The van der Waals surface area contributed by atoms with Crippen LogP contribution in [0, 0.1) is 0 Å². The van der Waals surface area contributed by atoms with Crippen LogP contribution >= 0.6 is 23.4 Å². The van der Waals surface area contributed by atoms with Gasteiger partial charge in [0.2, 0.25) is 17.6 Å². The van der Waals surface area contributed by atoms with Gasteiger partial charge in [0.15, 0.2) is 0 Å². The largest absolute Gasteiger partial charge is 0.346 e. The predicted octanol–water partition coefficient (Wildman–Crippen LogP) is 2.37. The molecule has 19 heavy (non-hydrogen) atoms. The number of rotatable bonds is 5. The Morgan fingerprint density at radius 3 is 3.11 bits per heavy atom. The second-order valence-corrected chi connectivity index (χ2v) is 5.03. The first-order chi connectivity index (χ1) is 9.19. The van der Waals surface area contributed by atoms with Gasteiger partial charge in [-0.15, -0.1) is 0 Å². The first-order valence-corrected chi connectivity index (χ1v) is 7.30. The van der Waals surface area contributed by atoms with Crippen LogP contribution in [-0.2, 0) is 11.3 Å². The average molecular weight is 298 g/mol. The number of thioether (sulfide) groups is 1. The molecule has 1 heterocycles. The maximum absolute atomic E-state index is 11.3. The lowest BCUT2D eigenvalue weighted by atomic mass is 10.2. The smallest absolute Gasteiger partial charge is 0.246 e. The zero-order valence-corrected chi connectivity index (χ0v) is 11.8. The molecule has 1 amide bonds. The van der Waals surface area contributed by atoms with Gasteiger partial charge >= 0.3 is 0 Å². The molecule has 0 saturated carbocycles. The Balaban J connectivity index is 2.01. The summed E-state index contributed by atoms with van der Waals surface area (Å²) in [6, 6.07) is 7.18. The third-order valence-corrected chi connectivity index (χ3v) is 3.05. The zero-order valence-electron chi connectivity index (χ0n) is 10.2. The summed E-state index contributed by atoms with van der Waals surface area (Å²) in [6.45, 7) is 0.229. The van der Waals surface area contributed by atoms with Crippen LogP contribution in [0.25, 0.3) is 11.4 Å². The van der Waals surface area contributed by atoms with Gasteiger partial charge in [0, 0.05) is 10.6 Å². The van der Waals surface area contributed by atoms with Crippen molar-refractivity contribution in [2.45, 2.75) is 6.54 Å². The van der Waals surface area contributed by atoms with Gasteiger partial charge in [0.05, 0.1) is 12.3 Å². The molecule has 0 unspecified atom stereocenters. The predicted molar refractivity (Wildman–Crippen MR) is 75.0 cm³/mol. The molecule has 100 valence electrons. The second-order valence-electron chi connectivity index (χ2n) is 3.73. The Hall–Kier alpha value is -1.53. The van der Waals surface area contributed by atoms with Crippen molar-refractivity contribution in [1.29, 1.82) is 0 Å². The highest BCUT2D eigenvalue weighted by Crippen LogP contribution is 2.19. The fourth-order valence-corrected chi connectivity index (χ4v) is 1.98. The van der Waals surface area contributed by atoms with Crippen LogP contribution in [0.3, 0.4) is 0 Å². The van der Waals surface area contributed by atoms with Crippen molar-refractivity contribution < 1.29 is 9.32 Å². The zero-order chi connectivity index (χ0) is 13.7. The maximum atomic E-state index is 11.3. The van der Waals surface area contributed by atoms with Crippen LogP contribution in [0.1, 0.15) is 5.89 Å². The first-order valence-electron chi connectivity index (χ1n) is 5.53. The van der Waals surface area contributed by atoms with E-state index in [0.29, 0.717) is 22.5 Å². The van der Waals surface area contributed by atoms with E-state index < -0.39 is 0 Å². The van der Waals surface area contributed by atoms with Gasteiger partial charge < -0.3 is 9.84 Å². The van der Waals surface area contributed by atoms with E-state index in [1.54, 1.807) is 12.1 Å². The minimum atomic E-state index is -0.0602. The fraction of sp³-hybridized carbons (Fsp3) is 0.250. The van der Waals surface area contributed by atoms with E-state index >= 15 is 0 Å². The van der Waals surface area contributed by atoms with Gasteiger partial charge in [-0.3, -0.25) is 4.79 Å². The van der Waals surface area contributed by atoms with Gasteiger partial charge in [0.1, 0.15) is 0 Å². The number of aromatic nitrogens is 2. The number of hydrogen-bond donors (Lipinski definition) is 1.